The number of carbonyl (C=O) groups is 1. The highest BCUT2D eigenvalue weighted by molar-refractivity contribution is 7.92. The predicted molar refractivity (Wildman–Crippen MR) is 167 cm³/mol. The minimum Gasteiger partial charge on any atom is -0.487 e. The van der Waals surface area contributed by atoms with Crippen molar-refractivity contribution in [2.24, 2.45) is 0 Å². The fraction of sp³-hybridized carbons (Fsp3) is 0.242. The molecule has 6 rings (SSSR count). The Balaban J connectivity index is 0.00000200. The molecule has 1 fully saturated rings. The SMILES string of the molecule is O=C(C[C@H]1C[C@H]2c3cc(NS(=O)(=O)c4ccc(F)cc4)ccc3O[C@H]2[C@H](CO)O1)NCc1ccc(Oc2ccccc2)cc1.[HH].[HH].[HH]. The molecule has 4 aromatic carbocycles. The summed E-state index contributed by atoms with van der Waals surface area (Å²) in [4.78, 5) is 12.8. The van der Waals surface area contributed by atoms with Crippen molar-refractivity contribution in [2.45, 2.75) is 48.5 Å². The number of halogens is 1. The monoisotopic (exact) mass is 624 g/mol. The third-order valence-electron chi connectivity index (χ3n) is 7.68. The van der Waals surface area contributed by atoms with Gasteiger partial charge in [0.25, 0.3) is 10.0 Å². The van der Waals surface area contributed by atoms with Crippen molar-refractivity contribution >= 4 is 21.6 Å². The molecule has 2 heterocycles. The van der Waals surface area contributed by atoms with Crippen molar-refractivity contribution in [3.05, 3.63) is 114 Å². The number of rotatable bonds is 10. The van der Waals surface area contributed by atoms with Crippen LogP contribution in [-0.4, -0.2) is 44.4 Å². The van der Waals surface area contributed by atoms with Gasteiger partial charge in [0.2, 0.25) is 5.91 Å². The lowest BCUT2D eigenvalue weighted by molar-refractivity contribution is -0.142. The predicted octanol–water partition coefficient (Wildman–Crippen LogP) is 5.86. The molecule has 0 aromatic heterocycles. The van der Waals surface area contributed by atoms with Crippen molar-refractivity contribution in [3.63, 3.8) is 0 Å². The van der Waals surface area contributed by atoms with E-state index in [-0.39, 0.29) is 34.0 Å². The van der Waals surface area contributed by atoms with Crippen LogP contribution in [0, 0.1) is 5.82 Å². The van der Waals surface area contributed by atoms with Gasteiger partial charge in [0.05, 0.1) is 24.0 Å². The number of para-hydroxylation sites is 1. The number of nitrogens with one attached hydrogen (secondary N) is 2. The molecule has 0 bridgehead atoms. The van der Waals surface area contributed by atoms with Gasteiger partial charge in [-0.25, -0.2) is 12.8 Å². The van der Waals surface area contributed by atoms with Crippen molar-refractivity contribution in [2.75, 3.05) is 11.3 Å². The largest absolute Gasteiger partial charge is 0.487 e. The Morgan fingerprint density at radius 2 is 1.70 bits per heavy atom. The second-order valence-corrected chi connectivity index (χ2v) is 12.4. The maximum atomic E-state index is 13.3. The normalized spacial score (nSPS) is 20.6. The summed E-state index contributed by atoms with van der Waals surface area (Å²) in [6, 6.07) is 26.4. The smallest absolute Gasteiger partial charge is 0.261 e. The number of fused-ring (bicyclic) bond motifs is 3. The van der Waals surface area contributed by atoms with Crippen LogP contribution < -0.4 is 19.5 Å². The molecule has 0 radical (unpaired) electrons. The number of ether oxygens (including phenoxy) is 3. The second kappa shape index (κ2) is 12.7. The summed E-state index contributed by atoms with van der Waals surface area (Å²) in [5.74, 6) is 1.04. The molecule has 0 saturated carbocycles. The van der Waals surface area contributed by atoms with Crippen LogP contribution in [0.3, 0.4) is 0 Å². The Kier molecular flexibility index (Phi) is 8.51. The maximum absolute atomic E-state index is 13.3. The highest BCUT2D eigenvalue weighted by atomic mass is 32.2. The summed E-state index contributed by atoms with van der Waals surface area (Å²) in [5.41, 5.74) is 1.99. The van der Waals surface area contributed by atoms with Gasteiger partial charge in [-0.15, -0.1) is 0 Å². The Morgan fingerprint density at radius 1 is 0.977 bits per heavy atom. The Bertz CT molecular complexity index is 1730. The summed E-state index contributed by atoms with van der Waals surface area (Å²) < 4.78 is 59.5. The summed E-state index contributed by atoms with van der Waals surface area (Å²) in [5, 5.41) is 13.0. The van der Waals surface area contributed by atoms with Gasteiger partial charge in [0, 0.05) is 28.0 Å². The average molecular weight is 625 g/mol. The van der Waals surface area contributed by atoms with E-state index in [0.717, 1.165) is 29.0 Å². The van der Waals surface area contributed by atoms with E-state index in [4.69, 9.17) is 14.2 Å². The Hall–Kier alpha value is -4.45. The number of amides is 1. The van der Waals surface area contributed by atoms with E-state index in [1.54, 1.807) is 18.2 Å². The van der Waals surface area contributed by atoms with E-state index in [2.05, 4.69) is 10.0 Å². The first kappa shape index (κ1) is 29.6. The van der Waals surface area contributed by atoms with Gasteiger partial charge in [-0.05, 0) is 78.7 Å². The lowest BCUT2D eigenvalue weighted by Gasteiger charge is -2.37. The molecule has 0 spiro atoms. The maximum Gasteiger partial charge on any atom is 0.261 e. The number of aliphatic hydroxyl groups excluding tert-OH is 1. The Labute approximate surface area is 259 Å². The first-order valence-electron chi connectivity index (χ1n) is 14.2. The highest BCUT2D eigenvalue weighted by Gasteiger charge is 2.46. The topological polar surface area (TPSA) is 123 Å². The molecule has 4 atom stereocenters. The molecule has 1 amide bonds. The average Bonchev–Trinajstić information content (AvgIpc) is 3.39. The molecule has 9 nitrogen and oxygen atoms in total. The third kappa shape index (κ3) is 6.70. The molecule has 0 aliphatic carbocycles. The van der Waals surface area contributed by atoms with Gasteiger partial charge in [0.1, 0.15) is 35.3 Å². The molecule has 11 heteroatoms. The van der Waals surface area contributed by atoms with Gasteiger partial charge in [-0.3, -0.25) is 9.52 Å². The quantitative estimate of drug-likeness (QED) is 0.202. The minimum absolute atomic E-state index is 0. The van der Waals surface area contributed by atoms with Crippen LogP contribution in [0.15, 0.2) is 102 Å². The molecule has 0 unspecified atom stereocenters. The fourth-order valence-corrected chi connectivity index (χ4v) is 6.61. The molecule has 234 valence electrons. The molecule has 1 saturated heterocycles. The standard InChI is InChI=1S/C33H31FN2O7S.3H2/c34-22-8-13-27(14-9-22)44(39,40)36-23-10-15-30-28(16-23)29-17-26(42-31(20-37)33(29)43-30)18-32(38)35-19-21-6-11-25(12-7-21)41-24-4-2-1-3-5-24;;;/h1-16,26,29,31,33,36-37H,17-20H2,(H,35,38);3*1H/t26-,29+,31+,33-;;;/m1.../s1. The molecule has 2 aliphatic rings. The van der Waals surface area contributed by atoms with Crippen LogP contribution in [0.4, 0.5) is 10.1 Å². The molecular formula is C33H37FN2O7S. The van der Waals surface area contributed by atoms with E-state index < -0.39 is 34.2 Å². The van der Waals surface area contributed by atoms with E-state index in [0.29, 0.717) is 30.2 Å². The van der Waals surface area contributed by atoms with Crippen LogP contribution in [0.2, 0.25) is 0 Å². The van der Waals surface area contributed by atoms with Crippen LogP contribution in [0.25, 0.3) is 0 Å². The first-order valence-corrected chi connectivity index (χ1v) is 15.7. The number of hydrogen-bond acceptors (Lipinski definition) is 7. The summed E-state index contributed by atoms with van der Waals surface area (Å²) in [7, 11) is -3.95. The Morgan fingerprint density at radius 3 is 2.43 bits per heavy atom. The van der Waals surface area contributed by atoms with E-state index in [9.17, 15) is 22.7 Å². The highest BCUT2D eigenvalue weighted by Crippen LogP contribution is 2.47. The zero-order valence-electron chi connectivity index (χ0n) is 23.6. The van der Waals surface area contributed by atoms with Crippen LogP contribution in [0.5, 0.6) is 17.2 Å². The minimum atomic E-state index is -3.95. The second-order valence-electron chi connectivity index (χ2n) is 10.8. The lowest BCUT2D eigenvalue weighted by Crippen LogP contribution is -2.47. The van der Waals surface area contributed by atoms with Gasteiger partial charge in [0.15, 0.2) is 0 Å². The molecule has 4 aromatic rings. The van der Waals surface area contributed by atoms with Crippen LogP contribution >= 0.6 is 0 Å². The lowest BCUT2D eigenvalue weighted by atomic mass is 9.84. The molecule has 2 aliphatic heterocycles. The van der Waals surface area contributed by atoms with Gasteiger partial charge >= 0.3 is 0 Å². The summed E-state index contributed by atoms with van der Waals surface area (Å²) in [6.45, 7) is 0.0326. The number of anilines is 1. The molecule has 3 N–H and O–H groups in total. The fourth-order valence-electron chi connectivity index (χ4n) is 5.56. The van der Waals surface area contributed by atoms with E-state index in [1.807, 2.05) is 54.6 Å². The third-order valence-corrected chi connectivity index (χ3v) is 9.08. The van der Waals surface area contributed by atoms with E-state index >= 15 is 0 Å². The van der Waals surface area contributed by atoms with Crippen molar-refractivity contribution in [3.8, 4) is 17.2 Å². The number of benzene rings is 4. The zero-order chi connectivity index (χ0) is 30.7. The molecule has 44 heavy (non-hydrogen) atoms. The molecular weight excluding hydrogens is 587 g/mol. The summed E-state index contributed by atoms with van der Waals surface area (Å²) >= 11 is 0. The van der Waals surface area contributed by atoms with Crippen molar-refractivity contribution in [1.29, 1.82) is 0 Å². The number of hydrogen-bond donors (Lipinski definition) is 3. The number of carbonyl (C=O) groups excluding carboxylic acids is 1. The first-order chi connectivity index (χ1) is 21.3. The van der Waals surface area contributed by atoms with Gasteiger partial charge in [-0.2, -0.15) is 0 Å². The number of sulfonamides is 1. The number of aliphatic hydroxyl groups is 1. The van der Waals surface area contributed by atoms with Crippen molar-refractivity contribution < 1.29 is 41.2 Å². The van der Waals surface area contributed by atoms with Gasteiger partial charge in [-0.1, -0.05) is 30.3 Å². The van der Waals surface area contributed by atoms with Gasteiger partial charge < -0.3 is 24.6 Å². The van der Waals surface area contributed by atoms with E-state index in [1.165, 1.54) is 12.1 Å². The zero-order valence-corrected chi connectivity index (χ0v) is 24.4. The van der Waals surface area contributed by atoms with Crippen molar-refractivity contribution in [1.82, 2.24) is 5.32 Å². The summed E-state index contributed by atoms with van der Waals surface area (Å²) in [6.07, 6.45) is -1.09. The van der Waals surface area contributed by atoms with Crippen LogP contribution in [0.1, 0.15) is 34.2 Å². The van der Waals surface area contributed by atoms with Crippen LogP contribution in [-0.2, 0) is 26.1 Å².